The highest BCUT2D eigenvalue weighted by molar-refractivity contribution is 5.99. The normalized spacial score (nSPS) is 15.8. The van der Waals surface area contributed by atoms with E-state index in [0.717, 1.165) is 33.8 Å². The van der Waals surface area contributed by atoms with Crippen LogP contribution in [0.3, 0.4) is 0 Å². The van der Waals surface area contributed by atoms with E-state index in [1.54, 1.807) is 7.11 Å². The monoisotopic (exact) mass is 414 g/mol. The van der Waals surface area contributed by atoms with Crippen LogP contribution in [0.15, 0.2) is 65.8 Å². The summed E-state index contributed by atoms with van der Waals surface area (Å²) in [5.41, 5.74) is 7.78. The van der Waals surface area contributed by atoms with Gasteiger partial charge in [0.2, 0.25) is 6.23 Å². The summed E-state index contributed by atoms with van der Waals surface area (Å²) in [6, 6.07) is 21.0. The van der Waals surface area contributed by atoms with Gasteiger partial charge < -0.3 is 14.9 Å². The van der Waals surface area contributed by atoms with Crippen molar-refractivity contribution < 1.29 is 9.57 Å². The zero-order valence-electron chi connectivity index (χ0n) is 19.1. The second kappa shape index (κ2) is 8.10. The van der Waals surface area contributed by atoms with E-state index in [2.05, 4.69) is 75.4 Å². The van der Waals surface area contributed by atoms with Crippen LogP contribution in [-0.4, -0.2) is 12.9 Å². The molecule has 0 aromatic heterocycles. The Morgan fingerprint density at radius 2 is 1.58 bits per heavy atom. The van der Waals surface area contributed by atoms with Gasteiger partial charge in [-0.15, -0.1) is 0 Å². The van der Waals surface area contributed by atoms with Gasteiger partial charge in [0.05, 0.1) is 12.7 Å². The van der Waals surface area contributed by atoms with Gasteiger partial charge in [-0.25, -0.2) is 0 Å². The molecule has 0 saturated carbocycles. The number of benzene rings is 3. The SMILES string of the molecule is COc1c(-c2cc(C)cc(C)c2)cc(C(C)(C)C)cc1C1NC(c2ccccc2)=NO1. The standard InChI is InChI=1S/C27H30N2O2/c1-17-12-18(2)14-20(13-17)22-15-21(27(3,4)5)16-23(24(22)30-6)26-28-25(29-31-26)19-10-8-7-9-11-19/h7-16,26H,1-6H3,(H,28,29). The van der Waals surface area contributed by atoms with Crippen LogP contribution in [-0.2, 0) is 10.3 Å². The van der Waals surface area contributed by atoms with E-state index in [-0.39, 0.29) is 5.41 Å². The third-order valence-corrected chi connectivity index (χ3v) is 5.57. The van der Waals surface area contributed by atoms with Crippen LogP contribution in [0.5, 0.6) is 5.75 Å². The first-order valence-corrected chi connectivity index (χ1v) is 10.6. The minimum Gasteiger partial charge on any atom is -0.496 e. The summed E-state index contributed by atoms with van der Waals surface area (Å²) < 4.78 is 5.96. The van der Waals surface area contributed by atoms with Crippen molar-refractivity contribution in [3.8, 4) is 16.9 Å². The molecule has 31 heavy (non-hydrogen) atoms. The second-order valence-electron chi connectivity index (χ2n) is 9.21. The number of hydrogen-bond acceptors (Lipinski definition) is 4. The Balaban J connectivity index is 1.82. The Morgan fingerprint density at radius 1 is 0.903 bits per heavy atom. The highest BCUT2D eigenvalue weighted by Gasteiger charge is 2.29. The molecular weight excluding hydrogens is 384 g/mol. The molecule has 0 saturated heterocycles. The van der Waals surface area contributed by atoms with Gasteiger partial charge in [-0.05, 0) is 42.5 Å². The van der Waals surface area contributed by atoms with Crippen LogP contribution >= 0.6 is 0 Å². The van der Waals surface area contributed by atoms with E-state index < -0.39 is 6.23 Å². The summed E-state index contributed by atoms with van der Waals surface area (Å²) in [7, 11) is 1.72. The fraction of sp³-hybridized carbons (Fsp3) is 0.296. The van der Waals surface area contributed by atoms with E-state index in [4.69, 9.17) is 9.57 Å². The molecule has 3 aromatic rings. The zero-order chi connectivity index (χ0) is 22.2. The number of ether oxygens (including phenoxy) is 1. The number of nitrogens with one attached hydrogen (secondary N) is 1. The fourth-order valence-corrected chi connectivity index (χ4v) is 4.00. The summed E-state index contributed by atoms with van der Waals surface area (Å²) in [6.45, 7) is 10.9. The molecule has 1 atom stereocenters. The highest BCUT2D eigenvalue weighted by atomic mass is 16.7. The van der Waals surface area contributed by atoms with Crippen molar-refractivity contribution in [2.24, 2.45) is 5.16 Å². The topological polar surface area (TPSA) is 42.8 Å². The Labute approximate surface area is 184 Å². The Kier molecular flexibility index (Phi) is 5.48. The molecule has 1 aliphatic rings. The number of methoxy groups -OCH3 is 1. The summed E-state index contributed by atoms with van der Waals surface area (Å²) in [6.07, 6.45) is -0.419. The Bertz CT molecular complexity index is 1110. The molecule has 4 nitrogen and oxygen atoms in total. The maximum atomic E-state index is 5.96. The molecule has 4 rings (SSSR count). The number of nitrogens with zero attached hydrogens (tertiary/aromatic N) is 1. The predicted octanol–water partition coefficient (Wildman–Crippen LogP) is 6.26. The summed E-state index contributed by atoms with van der Waals surface area (Å²) in [4.78, 5) is 5.85. The molecule has 3 aromatic carbocycles. The molecule has 1 aliphatic heterocycles. The minimum absolute atomic E-state index is 0.0314. The summed E-state index contributed by atoms with van der Waals surface area (Å²) in [5, 5.41) is 7.74. The third kappa shape index (κ3) is 4.29. The first-order valence-electron chi connectivity index (χ1n) is 10.6. The van der Waals surface area contributed by atoms with Crippen LogP contribution in [0.25, 0.3) is 11.1 Å². The Hall–Kier alpha value is -3.27. The number of rotatable bonds is 4. The first kappa shape index (κ1) is 21.0. The average Bonchev–Trinajstić information content (AvgIpc) is 3.22. The third-order valence-electron chi connectivity index (χ3n) is 5.57. The van der Waals surface area contributed by atoms with Gasteiger partial charge in [-0.1, -0.05) is 85.6 Å². The minimum atomic E-state index is -0.419. The van der Waals surface area contributed by atoms with E-state index in [0.29, 0.717) is 0 Å². The van der Waals surface area contributed by atoms with E-state index in [1.807, 2.05) is 30.3 Å². The van der Waals surface area contributed by atoms with E-state index in [1.165, 1.54) is 16.7 Å². The molecule has 0 amide bonds. The molecule has 4 heteroatoms. The summed E-state index contributed by atoms with van der Waals surface area (Å²) >= 11 is 0. The number of oxime groups is 1. The van der Waals surface area contributed by atoms with Crippen LogP contribution in [0.4, 0.5) is 0 Å². The predicted molar refractivity (Wildman–Crippen MR) is 127 cm³/mol. The van der Waals surface area contributed by atoms with Crippen LogP contribution < -0.4 is 10.1 Å². The second-order valence-corrected chi connectivity index (χ2v) is 9.21. The molecule has 1 heterocycles. The van der Waals surface area contributed by atoms with E-state index >= 15 is 0 Å². The van der Waals surface area contributed by atoms with Gasteiger partial charge in [0.25, 0.3) is 0 Å². The lowest BCUT2D eigenvalue weighted by Crippen LogP contribution is -2.24. The molecule has 0 aliphatic carbocycles. The van der Waals surface area contributed by atoms with Gasteiger partial charge in [0.1, 0.15) is 5.75 Å². The van der Waals surface area contributed by atoms with Crippen molar-refractivity contribution in [2.45, 2.75) is 46.3 Å². The van der Waals surface area contributed by atoms with Crippen LogP contribution in [0, 0.1) is 13.8 Å². The molecule has 1 N–H and O–H groups in total. The lowest BCUT2D eigenvalue weighted by Gasteiger charge is -2.25. The lowest BCUT2D eigenvalue weighted by molar-refractivity contribution is 0.0709. The molecule has 1 unspecified atom stereocenters. The molecule has 160 valence electrons. The lowest BCUT2D eigenvalue weighted by atomic mass is 9.83. The molecular formula is C27H30N2O2. The van der Waals surface area contributed by atoms with E-state index in [9.17, 15) is 0 Å². The van der Waals surface area contributed by atoms with Crippen molar-refractivity contribution in [1.82, 2.24) is 5.32 Å². The van der Waals surface area contributed by atoms with Gasteiger partial charge in [-0.3, -0.25) is 0 Å². The quantitative estimate of drug-likeness (QED) is 0.548. The van der Waals surface area contributed by atoms with Crippen LogP contribution in [0.1, 0.15) is 54.8 Å². The molecule has 0 fully saturated rings. The number of aryl methyl sites for hydroxylation is 2. The van der Waals surface area contributed by atoms with Gasteiger partial charge >= 0.3 is 0 Å². The van der Waals surface area contributed by atoms with Crippen molar-refractivity contribution in [2.75, 3.05) is 7.11 Å². The number of hydrogen-bond donors (Lipinski definition) is 1. The maximum absolute atomic E-state index is 5.96. The molecule has 0 bridgehead atoms. The first-order chi connectivity index (χ1) is 14.8. The summed E-state index contributed by atoms with van der Waals surface area (Å²) in [5.74, 6) is 1.53. The highest BCUT2D eigenvalue weighted by Crippen LogP contribution is 2.42. The van der Waals surface area contributed by atoms with Crippen molar-refractivity contribution in [1.29, 1.82) is 0 Å². The van der Waals surface area contributed by atoms with Gasteiger partial charge in [0.15, 0.2) is 5.84 Å². The number of amidine groups is 1. The Morgan fingerprint density at radius 3 is 2.19 bits per heavy atom. The van der Waals surface area contributed by atoms with Crippen molar-refractivity contribution in [3.63, 3.8) is 0 Å². The van der Waals surface area contributed by atoms with Gasteiger partial charge in [0, 0.05) is 11.1 Å². The smallest absolute Gasteiger partial charge is 0.228 e. The largest absolute Gasteiger partial charge is 0.496 e. The molecule has 0 spiro atoms. The van der Waals surface area contributed by atoms with Crippen LogP contribution in [0.2, 0.25) is 0 Å². The zero-order valence-corrected chi connectivity index (χ0v) is 19.1. The fourth-order valence-electron chi connectivity index (χ4n) is 4.00. The maximum Gasteiger partial charge on any atom is 0.228 e. The molecule has 0 radical (unpaired) electrons. The average molecular weight is 415 g/mol. The van der Waals surface area contributed by atoms with Crippen molar-refractivity contribution >= 4 is 5.84 Å². The van der Waals surface area contributed by atoms with Crippen molar-refractivity contribution in [3.05, 3.63) is 88.5 Å². The van der Waals surface area contributed by atoms with Gasteiger partial charge in [-0.2, -0.15) is 0 Å².